The lowest BCUT2D eigenvalue weighted by atomic mass is 10.0. The molecule has 0 bridgehead atoms. The molecule has 0 aliphatic rings. The van der Waals surface area contributed by atoms with Crippen molar-refractivity contribution in [3.8, 4) is 0 Å². The summed E-state index contributed by atoms with van der Waals surface area (Å²) in [6.07, 6.45) is 4.42. The molecular formula is C15H24N2O2. The molecule has 1 N–H and O–H groups in total. The van der Waals surface area contributed by atoms with E-state index in [1.807, 2.05) is 13.0 Å². The summed E-state index contributed by atoms with van der Waals surface area (Å²) < 4.78 is 0. The van der Waals surface area contributed by atoms with Gasteiger partial charge in [-0.1, -0.05) is 26.7 Å². The van der Waals surface area contributed by atoms with E-state index in [0.717, 1.165) is 42.5 Å². The van der Waals surface area contributed by atoms with Crippen LogP contribution in [0.2, 0.25) is 0 Å². The molecule has 4 nitrogen and oxygen atoms in total. The van der Waals surface area contributed by atoms with Crippen molar-refractivity contribution in [2.24, 2.45) is 0 Å². The van der Waals surface area contributed by atoms with E-state index in [0.29, 0.717) is 6.04 Å². The molecule has 0 aromatic heterocycles. The van der Waals surface area contributed by atoms with Crippen molar-refractivity contribution in [1.29, 1.82) is 0 Å². The largest absolute Gasteiger partial charge is 0.382 e. The lowest BCUT2D eigenvalue weighted by Gasteiger charge is -2.20. The summed E-state index contributed by atoms with van der Waals surface area (Å²) in [6, 6.07) is 3.95. The molecule has 0 saturated carbocycles. The van der Waals surface area contributed by atoms with Gasteiger partial charge in [0.25, 0.3) is 5.69 Å². The minimum absolute atomic E-state index is 0.194. The molecule has 4 heteroatoms. The first-order valence-electron chi connectivity index (χ1n) is 7.01. The number of anilines is 1. The van der Waals surface area contributed by atoms with E-state index in [1.165, 1.54) is 0 Å². The molecule has 1 rings (SSSR count). The maximum absolute atomic E-state index is 11.0. The highest BCUT2D eigenvalue weighted by Crippen LogP contribution is 2.27. The molecule has 0 aliphatic carbocycles. The van der Waals surface area contributed by atoms with Crippen molar-refractivity contribution in [3.63, 3.8) is 0 Å². The van der Waals surface area contributed by atoms with Crippen LogP contribution in [0.1, 0.15) is 50.7 Å². The summed E-state index contributed by atoms with van der Waals surface area (Å²) in [4.78, 5) is 10.7. The number of rotatable bonds is 7. The Hall–Kier alpha value is -1.58. The van der Waals surface area contributed by atoms with Crippen molar-refractivity contribution < 1.29 is 4.92 Å². The van der Waals surface area contributed by atoms with E-state index in [2.05, 4.69) is 19.2 Å². The van der Waals surface area contributed by atoms with Gasteiger partial charge in [-0.2, -0.15) is 0 Å². The maximum atomic E-state index is 11.0. The van der Waals surface area contributed by atoms with E-state index < -0.39 is 0 Å². The van der Waals surface area contributed by atoms with Gasteiger partial charge in [-0.05, 0) is 38.3 Å². The molecule has 0 unspecified atom stereocenters. The van der Waals surface area contributed by atoms with Crippen LogP contribution < -0.4 is 5.32 Å². The zero-order valence-electron chi connectivity index (χ0n) is 12.3. The van der Waals surface area contributed by atoms with Crippen LogP contribution in [0.3, 0.4) is 0 Å². The van der Waals surface area contributed by atoms with Crippen molar-refractivity contribution in [2.45, 2.75) is 59.4 Å². The highest BCUT2D eigenvalue weighted by atomic mass is 16.6. The van der Waals surface area contributed by atoms with Crippen molar-refractivity contribution >= 4 is 11.4 Å². The van der Waals surface area contributed by atoms with Crippen LogP contribution >= 0.6 is 0 Å². The number of nitro groups is 1. The summed E-state index contributed by atoms with van der Waals surface area (Å²) >= 11 is 0. The summed E-state index contributed by atoms with van der Waals surface area (Å²) in [5.41, 5.74) is 2.87. The van der Waals surface area contributed by atoms with Crippen LogP contribution in [-0.2, 0) is 0 Å². The fourth-order valence-corrected chi connectivity index (χ4v) is 2.40. The normalized spacial score (nSPS) is 10.8. The van der Waals surface area contributed by atoms with Gasteiger partial charge in [0.05, 0.1) is 4.92 Å². The monoisotopic (exact) mass is 264 g/mol. The van der Waals surface area contributed by atoms with Crippen LogP contribution in [0.15, 0.2) is 12.1 Å². The fraction of sp³-hybridized carbons (Fsp3) is 0.600. The highest BCUT2D eigenvalue weighted by molar-refractivity contribution is 5.60. The number of nitro benzene ring substituents is 1. The van der Waals surface area contributed by atoms with Crippen LogP contribution in [0.4, 0.5) is 11.4 Å². The van der Waals surface area contributed by atoms with Crippen molar-refractivity contribution in [1.82, 2.24) is 0 Å². The molecule has 0 fully saturated rings. The van der Waals surface area contributed by atoms with Crippen LogP contribution in [-0.4, -0.2) is 11.0 Å². The standard InChI is InChI=1S/C15H24N2O2/c1-5-7-13(8-6-2)16-14-10-15(17(18)19)12(4)9-11(14)3/h9-10,13,16H,5-8H2,1-4H3. The summed E-state index contributed by atoms with van der Waals surface area (Å²) in [5.74, 6) is 0. The Bertz CT molecular complexity index is 438. The first kappa shape index (κ1) is 15.5. The third kappa shape index (κ3) is 4.23. The van der Waals surface area contributed by atoms with Gasteiger partial charge < -0.3 is 5.32 Å². The van der Waals surface area contributed by atoms with Crippen LogP contribution in [0, 0.1) is 24.0 Å². The quantitative estimate of drug-likeness (QED) is 0.578. The summed E-state index contributed by atoms with van der Waals surface area (Å²) in [5, 5.41) is 14.5. The molecule has 0 aliphatic heterocycles. The summed E-state index contributed by atoms with van der Waals surface area (Å²) in [6.45, 7) is 8.10. The van der Waals surface area contributed by atoms with Crippen molar-refractivity contribution in [2.75, 3.05) is 5.32 Å². The smallest absolute Gasteiger partial charge is 0.274 e. The van der Waals surface area contributed by atoms with E-state index in [-0.39, 0.29) is 10.6 Å². The maximum Gasteiger partial charge on any atom is 0.274 e. The van der Waals surface area contributed by atoms with Gasteiger partial charge in [-0.3, -0.25) is 10.1 Å². The van der Waals surface area contributed by atoms with E-state index in [4.69, 9.17) is 0 Å². The van der Waals surface area contributed by atoms with Gasteiger partial charge in [0, 0.05) is 23.4 Å². The lowest BCUT2D eigenvalue weighted by molar-refractivity contribution is -0.385. The Morgan fingerprint density at radius 3 is 2.21 bits per heavy atom. The van der Waals surface area contributed by atoms with Gasteiger partial charge in [-0.15, -0.1) is 0 Å². The Kier molecular flexibility index (Phi) is 5.80. The molecule has 0 spiro atoms. The zero-order valence-corrected chi connectivity index (χ0v) is 12.3. The molecule has 106 valence electrons. The number of hydrogen-bond acceptors (Lipinski definition) is 3. The lowest BCUT2D eigenvalue weighted by Crippen LogP contribution is -2.19. The number of nitrogens with zero attached hydrogens (tertiary/aromatic N) is 1. The second kappa shape index (κ2) is 7.12. The zero-order chi connectivity index (χ0) is 14.4. The third-order valence-corrected chi connectivity index (χ3v) is 3.37. The Labute approximate surface area is 115 Å². The first-order valence-corrected chi connectivity index (χ1v) is 7.01. The van der Waals surface area contributed by atoms with Crippen LogP contribution in [0.25, 0.3) is 0 Å². The number of benzene rings is 1. The molecule has 0 atom stereocenters. The third-order valence-electron chi connectivity index (χ3n) is 3.37. The average molecular weight is 264 g/mol. The van der Waals surface area contributed by atoms with E-state index in [1.54, 1.807) is 13.0 Å². The molecule has 1 aromatic rings. The van der Waals surface area contributed by atoms with Gasteiger partial charge in [-0.25, -0.2) is 0 Å². The van der Waals surface area contributed by atoms with Gasteiger partial charge in [0.1, 0.15) is 0 Å². The highest BCUT2D eigenvalue weighted by Gasteiger charge is 2.15. The molecule has 0 amide bonds. The molecule has 19 heavy (non-hydrogen) atoms. The minimum Gasteiger partial charge on any atom is -0.382 e. The SMILES string of the molecule is CCCC(CCC)Nc1cc([N+](=O)[O-])c(C)cc1C. The number of aryl methyl sites for hydroxylation is 2. The Morgan fingerprint density at radius 2 is 1.74 bits per heavy atom. The van der Waals surface area contributed by atoms with E-state index in [9.17, 15) is 10.1 Å². The first-order chi connectivity index (χ1) is 8.99. The second-order valence-corrected chi connectivity index (χ2v) is 5.13. The number of hydrogen-bond donors (Lipinski definition) is 1. The second-order valence-electron chi connectivity index (χ2n) is 5.13. The molecule has 1 aromatic carbocycles. The van der Waals surface area contributed by atoms with E-state index >= 15 is 0 Å². The topological polar surface area (TPSA) is 55.2 Å². The fourth-order valence-electron chi connectivity index (χ4n) is 2.40. The average Bonchev–Trinajstić information content (AvgIpc) is 2.32. The predicted octanol–water partition coefficient (Wildman–Crippen LogP) is 4.59. The Morgan fingerprint density at radius 1 is 1.16 bits per heavy atom. The molecule has 0 radical (unpaired) electrons. The van der Waals surface area contributed by atoms with Gasteiger partial charge in [0.15, 0.2) is 0 Å². The molecule has 0 heterocycles. The molecular weight excluding hydrogens is 240 g/mol. The number of nitrogens with one attached hydrogen (secondary N) is 1. The summed E-state index contributed by atoms with van der Waals surface area (Å²) in [7, 11) is 0. The van der Waals surface area contributed by atoms with Gasteiger partial charge in [0.2, 0.25) is 0 Å². The van der Waals surface area contributed by atoms with Crippen LogP contribution in [0.5, 0.6) is 0 Å². The Balaban J connectivity index is 2.98. The van der Waals surface area contributed by atoms with Crippen molar-refractivity contribution in [3.05, 3.63) is 33.4 Å². The minimum atomic E-state index is -0.311. The molecule has 0 saturated heterocycles. The predicted molar refractivity (Wildman–Crippen MR) is 79.8 cm³/mol. The van der Waals surface area contributed by atoms with Gasteiger partial charge >= 0.3 is 0 Å².